The molecule has 2 N–H and O–H groups in total. The fourth-order valence-corrected chi connectivity index (χ4v) is 2.31. The molecule has 0 amide bonds. The highest BCUT2D eigenvalue weighted by atomic mass is 19.1. The van der Waals surface area contributed by atoms with Gasteiger partial charge in [0, 0.05) is 7.05 Å². The number of anilines is 1. The van der Waals surface area contributed by atoms with Crippen LogP contribution < -0.4 is 5.73 Å². The number of nitrogens with zero attached hydrogens (tertiary/aromatic N) is 4. The molecule has 0 saturated heterocycles. The molecule has 0 radical (unpaired) electrons. The van der Waals surface area contributed by atoms with Gasteiger partial charge in [-0.3, -0.25) is 4.57 Å². The predicted molar refractivity (Wildman–Crippen MR) is 71.6 cm³/mol. The van der Waals surface area contributed by atoms with Crippen LogP contribution in [0.15, 0.2) is 24.3 Å². The molecule has 0 saturated carbocycles. The molecule has 5 nitrogen and oxygen atoms in total. The number of halogens is 1. The average Bonchev–Trinajstić information content (AvgIpc) is 2.88. The van der Waals surface area contributed by atoms with Gasteiger partial charge in [0.15, 0.2) is 5.65 Å². The van der Waals surface area contributed by atoms with Crippen molar-refractivity contribution in [3.05, 3.63) is 35.8 Å². The van der Waals surface area contributed by atoms with Crippen molar-refractivity contribution in [2.24, 2.45) is 7.05 Å². The maximum absolute atomic E-state index is 13.9. The summed E-state index contributed by atoms with van der Waals surface area (Å²) in [5, 5.41) is 4.38. The molecule has 0 aliphatic rings. The summed E-state index contributed by atoms with van der Waals surface area (Å²) in [6.07, 6.45) is 0.755. The zero-order chi connectivity index (χ0) is 13.6. The van der Waals surface area contributed by atoms with Gasteiger partial charge in [-0.1, -0.05) is 19.1 Å². The van der Waals surface area contributed by atoms with Crippen LogP contribution in [0.3, 0.4) is 0 Å². The lowest BCUT2D eigenvalue weighted by Gasteiger charge is -2.07. The highest BCUT2D eigenvalue weighted by Gasteiger charge is 2.19. The largest absolute Gasteiger partial charge is 0.369 e. The molecule has 0 atom stereocenters. The minimum Gasteiger partial charge on any atom is -0.369 e. The molecule has 0 bridgehead atoms. The number of hydrogen-bond donors (Lipinski definition) is 1. The fourth-order valence-electron chi connectivity index (χ4n) is 2.31. The summed E-state index contributed by atoms with van der Waals surface area (Å²) in [6.45, 7) is 2.00. The monoisotopic (exact) mass is 259 g/mol. The summed E-state index contributed by atoms with van der Waals surface area (Å²) in [7, 11) is 1.81. The van der Waals surface area contributed by atoms with Crippen LogP contribution in [0.1, 0.15) is 12.6 Å². The summed E-state index contributed by atoms with van der Waals surface area (Å²) in [6, 6.07) is 6.48. The molecule has 0 unspecified atom stereocenters. The SMILES string of the molecule is CCc1nn(C)c2c1nc(N)n2-c1ccccc1F. The quantitative estimate of drug-likeness (QED) is 0.766. The molecule has 98 valence electrons. The van der Waals surface area contributed by atoms with Crippen molar-refractivity contribution in [1.29, 1.82) is 0 Å². The van der Waals surface area contributed by atoms with E-state index in [1.807, 2.05) is 6.92 Å². The Labute approximate surface area is 109 Å². The topological polar surface area (TPSA) is 61.7 Å². The maximum atomic E-state index is 13.9. The van der Waals surface area contributed by atoms with Crippen molar-refractivity contribution in [2.45, 2.75) is 13.3 Å². The van der Waals surface area contributed by atoms with E-state index in [-0.39, 0.29) is 11.8 Å². The van der Waals surface area contributed by atoms with Crippen molar-refractivity contribution >= 4 is 17.1 Å². The summed E-state index contributed by atoms with van der Waals surface area (Å²) in [5.74, 6) is -0.0736. The Kier molecular flexibility index (Phi) is 2.51. The molecule has 0 aliphatic heterocycles. The second kappa shape index (κ2) is 4.08. The number of aryl methyl sites for hydroxylation is 2. The first-order chi connectivity index (χ1) is 9.13. The van der Waals surface area contributed by atoms with Crippen LogP contribution in [-0.2, 0) is 13.5 Å². The van der Waals surface area contributed by atoms with Crippen LogP contribution >= 0.6 is 0 Å². The van der Waals surface area contributed by atoms with Gasteiger partial charge in [0.05, 0.1) is 11.4 Å². The Morgan fingerprint density at radius 2 is 2.05 bits per heavy atom. The Bertz CT molecular complexity index is 756. The predicted octanol–water partition coefficient (Wildman–Crippen LogP) is 2.04. The molecular weight excluding hydrogens is 245 g/mol. The van der Waals surface area contributed by atoms with E-state index < -0.39 is 0 Å². The normalized spacial score (nSPS) is 11.3. The number of nitrogens with two attached hydrogens (primary N) is 1. The lowest BCUT2D eigenvalue weighted by Crippen LogP contribution is -2.06. The highest BCUT2D eigenvalue weighted by molar-refractivity contribution is 5.80. The number of rotatable bonds is 2. The molecular formula is C13H14FN5. The molecule has 0 spiro atoms. The molecule has 19 heavy (non-hydrogen) atoms. The van der Waals surface area contributed by atoms with Crippen LogP contribution in [0.4, 0.5) is 10.3 Å². The maximum Gasteiger partial charge on any atom is 0.207 e. The summed E-state index contributed by atoms with van der Waals surface area (Å²) < 4.78 is 17.2. The van der Waals surface area contributed by atoms with E-state index in [0.717, 1.165) is 17.6 Å². The second-order valence-corrected chi connectivity index (χ2v) is 4.35. The zero-order valence-electron chi connectivity index (χ0n) is 10.8. The lowest BCUT2D eigenvalue weighted by molar-refractivity contribution is 0.618. The van der Waals surface area contributed by atoms with Gasteiger partial charge in [-0.15, -0.1) is 0 Å². The van der Waals surface area contributed by atoms with Gasteiger partial charge < -0.3 is 5.73 Å². The average molecular weight is 259 g/mol. The third-order valence-electron chi connectivity index (χ3n) is 3.16. The highest BCUT2D eigenvalue weighted by Crippen LogP contribution is 2.26. The van der Waals surface area contributed by atoms with Crippen LogP contribution in [0, 0.1) is 5.82 Å². The van der Waals surface area contributed by atoms with Crippen LogP contribution in [-0.4, -0.2) is 19.3 Å². The van der Waals surface area contributed by atoms with Crippen molar-refractivity contribution in [3.63, 3.8) is 0 Å². The Morgan fingerprint density at radius 1 is 1.32 bits per heavy atom. The molecule has 2 aromatic heterocycles. The number of hydrogen-bond acceptors (Lipinski definition) is 3. The van der Waals surface area contributed by atoms with Crippen LogP contribution in [0.5, 0.6) is 0 Å². The van der Waals surface area contributed by atoms with Gasteiger partial charge in [-0.2, -0.15) is 5.10 Å². The second-order valence-electron chi connectivity index (χ2n) is 4.35. The zero-order valence-corrected chi connectivity index (χ0v) is 10.8. The Morgan fingerprint density at radius 3 is 2.74 bits per heavy atom. The van der Waals surface area contributed by atoms with E-state index in [2.05, 4.69) is 10.1 Å². The summed E-state index contributed by atoms with van der Waals surface area (Å²) >= 11 is 0. The summed E-state index contributed by atoms with van der Waals surface area (Å²) in [5.41, 5.74) is 8.61. The Hall–Kier alpha value is -2.37. The van der Waals surface area contributed by atoms with Gasteiger partial charge in [0.2, 0.25) is 5.95 Å². The smallest absolute Gasteiger partial charge is 0.207 e. The van der Waals surface area contributed by atoms with E-state index in [1.54, 1.807) is 34.5 Å². The van der Waals surface area contributed by atoms with Crippen molar-refractivity contribution in [3.8, 4) is 5.69 Å². The van der Waals surface area contributed by atoms with E-state index in [9.17, 15) is 4.39 Å². The molecule has 2 heterocycles. The third-order valence-corrected chi connectivity index (χ3v) is 3.16. The first-order valence-corrected chi connectivity index (χ1v) is 6.08. The first-order valence-electron chi connectivity index (χ1n) is 6.08. The minimum absolute atomic E-state index is 0.266. The standard InChI is InChI=1S/C13H14FN5/c1-3-9-11-12(18(2)17-9)19(13(15)16-11)10-7-5-4-6-8(10)14/h4-7H,3H2,1-2H3,(H2,15,16). The van der Waals surface area contributed by atoms with Crippen molar-refractivity contribution in [1.82, 2.24) is 19.3 Å². The molecule has 1 aromatic carbocycles. The van der Waals surface area contributed by atoms with Crippen molar-refractivity contribution < 1.29 is 4.39 Å². The number of nitrogen functional groups attached to an aromatic ring is 1. The number of imidazole rings is 1. The molecule has 6 heteroatoms. The molecule has 0 fully saturated rings. The third kappa shape index (κ3) is 1.60. The van der Waals surface area contributed by atoms with Gasteiger partial charge in [0.1, 0.15) is 11.3 Å². The van der Waals surface area contributed by atoms with E-state index in [0.29, 0.717) is 11.3 Å². The first kappa shape index (κ1) is 11.7. The van der Waals surface area contributed by atoms with Gasteiger partial charge in [-0.05, 0) is 18.6 Å². The fraction of sp³-hybridized carbons (Fsp3) is 0.231. The van der Waals surface area contributed by atoms with Crippen LogP contribution in [0.2, 0.25) is 0 Å². The number of para-hydroxylation sites is 1. The van der Waals surface area contributed by atoms with E-state index in [1.165, 1.54) is 6.07 Å². The number of aromatic nitrogens is 4. The lowest BCUT2D eigenvalue weighted by atomic mass is 10.3. The van der Waals surface area contributed by atoms with Crippen molar-refractivity contribution in [2.75, 3.05) is 5.73 Å². The van der Waals surface area contributed by atoms with Crippen LogP contribution in [0.25, 0.3) is 16.9 Å². The van der Waals surface area contributed by atoms with Gasteiger partial charge >= 0.3 is 0 Å². The van der Waals surface area contributed by atoms with Gasteiger partial charge in [0.25, 0.3) is 0 Å². The minimum atomic E-state index is -0.340. The Balaban J connectivity index is 2.39. The molecule has 3 rings (SSSR count). The van der Waals surface area contributed by atoms with Gasteiger partial charge in [-0.25, -0.2) is 14.1 Å². The number of fused-ring (bicyclic) bond motifs is 1. The van der Waals surface area contributed by atoms with E-state index >= 15 is 0 Å². The summed E-state index contributed by atoms with van der Waals surface area (Å²) in [4.78, 5) is 4.31. The molecule has 0 aliphatic carbocycles. The van der Waals surface area contributed by atoms with E-state index in [4.69, 9.17) is 5.73 Å². The number of benzene rings is 1. The molecule has 3 aromatic rings.